The second kappa shape index (κ2) is 5.55. The molecule has 3 rings (SSSR count). The van der Waals surface area contributed by atoms with Gasteiger partial charge in [-0.3, -0.25) is 4.79 Å². The van der Waals surface area contributed by atoms with Crippen LogP contribution in [0.3, 0.4) is 0 Å². The van der Waals surface area contributed by atoms with Crippen LogP contribution in [0.4, 0.5) is 4.39 Å². The van der Waals surface area contributed by atoms with Crippen LogP contribution in [0.1, 0.15) is 11.4 Å². The lowest BCUT2D eigenvalue weighted by molar-refractivity contribution is -0.139. The Bertz CT molecular complexity index is 840. The zero-order valence-electron chi connectivity index (χ0n) is 12.2. The van der Waals surface area contributed by atoms with Crippen LogP contribution >= 0.6 is 0 Å². The van der Waals surface area contributed by atoms with Crippen molar-refractivity contribution in [3.63, 3.8) is 0 Å². The number of fused-ring (bicyclic) bond motifs is 1. The molecule has 2 heterocycles. The Balaban J connectivity index is 2.10. The third kappa shape index (κ3) is 2.67. The van der Waals surface area contributed by atoms with Gasteiger partial charge in [-0.25, -0.2) is 13.9 Å². The summed E-state index contributed by atoms with van der Waals surface area (Å²) in [6.45, 7) is 1.85. The Morgan fingerprint density at radius 2 is 2.00 bits per heavy atom. The molecule has 0 saturated carbocycles. The Morgan fingerprint density at radius 3 is 2.68 bits per heavy atom. The lowest BCUT2D eigenvalue weighted by atomic mass is 10.1. The largest absolute Gasteiger partial charge is 0.469 e. The first-order valence-corrected chi connectivity index (χ1v) is 6.76. The van der Waals surface area contributed by atoms with E-state index in [1.807, 2.05) is 6.92 Å². The van der Waals surface area contributed by atoms with Crippen molar-refractivity contribution in [1.29, 1.82) is 0 Å². The fourth-order valence-corrected chi connectivity index (χ4v) is 2.29. The number of halogens is 1. The molecule has 0 saturated heterocycles. The van der Waals surface area contributed by atoms with Crippen molar-refractivity contribution in [3.05, 3.63) is 53.6 Å². The number of esters is 1. The number of methoxy groups -OCH3 is 1. The molecule has 0 amide bonds. The molecule has 0 spiro atoms. The third-order valence-corrected chi connectivity index (χ3v) is 3.32. The molecule has 0 aliphatic rings. The van der Waals surface area contributed by atoms with E-state index in [4.69, 9.17) is 4.74 Å². The maximum absolute atomic E-state index is 13.0. The van der Waals surface area contributed by atoms with Gasteiger partial charge in [-0.2, -0.15) is 5.10 Å². The van der Waals surface area contributed by atoms with Gasteiger partial charge in [-0.15, -0.1) is 0 Å². The van der Waals surface area contributed by atoms with Gasteiger partial charge in [0.2, 0.25) is 0 Å². The number of carbonyl (C=O) groups is 1. The first-order valence-electron chi connectivity index (χ1n) is 6.76. The average Bonchev–Trinajstić information content (AvgIpc) is 2.91. The summed E-state index contributed by atoms with van der Waals surface area (Å²) in [6.07, 6.45) is 0.112. The molecule has 5 nitrogen and oxygen atoms in total. The van der Waals surface area contributed by atoms with Crippen LogP contribution in [0.2, 0.25) is 0 Å². The maximum Gasteiger partial charge on any atom is 0.311 e. The normalized spacial score (nSPS) is 10.9. The summed E-state index contributed by atoms with van der Waals surface area (Å²) in [7, 11) is 1.35. The zero-order valence-corrected chi connectivity index (χ0v) is 12.2. The quantitative estimate of drug-likeness (QED) is 0.697. The number of hydrogen-bond acceptors (Lipinski definition) is 4. The van der Waals surface area contributed by atoms with Crippen molar-refractivity contribution in [1.82, 2.24) is 14.6 Å². The predicted molar refractivity (Wildman–Crippen MR) is 78.8 cm³/mol. The molecule has 0 aliphatic heterocycles. The first kappa shape index (κ1) is 14.2. The van der Waals surface area contributed by atoms with Gasteiger partial charge in [0.25, 0.3) is 0 Å². The molecule has 6 heteroatoms. The molecule has 0 aliphatic carbocycles. The second-order valence-electron chi connectivity index (χ2n) is 4.95. The summed E-state index contributed by atoms with van der Waals surface area (Å²) >= 11 is 0. The highest BCUT2D eigenvalue weighted by molar-refractivity contribution is 5.72. The van der Waals surface area contributed by atoms with E-state index in [9.17, 15) is 9.18 Å². The van der Waals surface area contributed by atoms with Crippen LogP contribution in [0.15, 0.2) is 36.4 Å². The van der Waals surface area contributed by atoms with Crippen molar-refractivity contribution in [2.75, 3.05) is 7.11 Å². The second-order valence-corrected chi connectivity index (χ2v) is 4.95. The molecule has 3 aromatic rings. The van der Waals surface area contributed by atoms with E-state index >= 15 is 0 Å². The number of nitrogens with zero attached hydrogens (tertiary/aromatic N) is 3. The summed E-state index contributed by atoms with van der Waals surface area (Å²) in [5, 5.41) is 4.46. The summed E-state index contributed by atoms with van der Waals surface area (Å²) in [6, 6.07) is 9.68. The molecule has 0 radical (unpaired) electrons. The van der Waals surface area contributed by atoms with Crippen molar-refractivity contribution in [3.8, 4) is 11.3 Å². The lowest BCUT2D eigenvalue weighted by Crippen LogP contribution is -2.10. The van der Waals surface area contributed by atoms with Crippen LogP contribution in [0.25, 0.3) is 16.9 Å². The molecule has 0 fully saturated rings. The van der Waals surface area contributed by atoms with Crippen molar-refractivity contribution in [2.24, 2.45) is 0 Å². The standard InChI is InChI=1S/C16H14FN3O2/c1-10-7-13(8-16(21)22-2)20-15(18-10)9-14(19-20)11-3-5-12(17)6-4-11/h3-7,9H,8H2,1-2H3. The van der Waals surface area contributed by atoms with Gasteiger partial charge in [0.1, 0.15) is 5.82 Å². The highest BCUT2D eigenvalue weighted by Gasteiger charge is 2.13. The van der Waals surface area contributed by atoms with Crippen LogP contribution in [-0.2, 0) is 16.0 Å². The number of carbonyl (C=O) groups excluding carboxylic acids is 1. The molecule has 0 bridgehead atoms. The Kier molecular flexibility index (Phi) is 3.58. The molecule has 0 unspecified atom stereocenters. The maximum atomic E-state index is 13.0. The molecule has 0 N–H and O–H groups in total. The number of aryl methyl sites for hydroxylation is 1. The number of benzene rings is 1. The van der Waals surface area contributed by atoms with Crippen molar-refractivity contribution < 1.29 is 13.9 Å². The minimum Gasteiger partial charge on any atom is -0.469 e. The molecule has 0 atom stereocenters. The number of aromatic nitrogens is 3. The van der Waals surface area contributed by atoms with E-state index in [2.05, 4.69) is 10.1 Å². The minimum absolute atomic E-state index is 0.112. The Morgan fingerprint density at radius 1 is 1.27 bits per heavy atom. The minimum atomic E-state index is -0.342. The zero-order chi connectivity index (χ0) is 15.7. The molecular weight excluding hydrogens is 285 g/mol. The van der Waals surface area contributed by atoms with Gasteiger partial charge >= 0.3 is 5.97 Å². The Hall–Kier alpha value is -2.76. The number of rotatable bonds is 3. The SMILES string of the molecule is COC(=O)Cc1cc(C)nc2cc(-c3ccc(F)cc3)nn12. The smallest absolute Gasteiger partial charge is 0.311 e. The number of ether oxygens (including phenoxy) is 1. The average molecular weight is 299 g/mol. The van der Waals surface area contributed by atoms with Gasteiger partial charge in [0.05, 0.1) is 24.9 Å². The van der Waals surface area contributed by atoms with Gasteiger partial charge in [0.15, 0.2) is 5.65 Å². The van der Waals surface area contributed by atoms with Gasteiger partial charge in [-0.05, 0) is 37.3 Å². The summed E-state index contributed by atoms with van der Waals surface area (Å²) < 4.78 is 19.3. The molecular formula is C16H14FN3O2. The van der Waals surface area contributed by atoms with Gasteiger partial charge in [-0.1, -0.05) is 0 Å². The van der Waals surface area contributed by atoms with Crippen molar-refractivity contribution in [2.45, 2.75) is 13.3 Å². The highest BCUT2D eigenvalue weighted by atomic mass is 19.1. The van der Waals surface area contributed by atoms with Gasteiger partial charge in [0, 0.05) is 17.3 Å². The fourth-order valence-electron chi connectivity index (χ4n) is 2.29. The molecule has 1 aromatic carbocycles. The monoisotopic (exact) mass is 299 g/mol. The molecule has 112 valence electrons. The molecule has 22 heavy (non-hydrogen) atoms. The molecule has 2 aromatic heterocycles. The van der Waals surface area contributed by atoms with E-state index in [0.717, 1.165) is 11.3 Å². The highest BCUT2D eigenvalue weighted by Crippen LogP contribution is 2.20. The number of hydrogen-bond donors (Lipinski definition) is 0. The fraction of sp³-hybridized carbons (Fsp3) is 0.188. The van der Waals surface area contributed by atoms with E-state index in [0.29, 0.717) is 17.0 Å². The van der Waals surface area contributed by atoms with E-state index in [1.165, 1.54) is 19.2 Å². The summed E-state index contributed by atoms with van der Waals surface area (Å²) in [5.74, 6) is -0.640. The lowest BCUT2D eigenvalue weighted by Gasteiger charge is -2.04. The third-order valence-electron chi connectivity index (χ3n) is 3.32. The van der Waals surface area contributed by atoms with Crippen LogP contribution in [0, 0.1) is 12.7 Å². The van der Waals surface area contributed by atoms with Crippen LogP contribution < -0.4 is 0 Å². The predicted octanol–water partition coefficient (Wildman–Crippen LogP) is 2.56. The Labute approximate surface area is 126 Å². The van der Waals surface area contributed by atoms with Crippen LogP contribution in [0.5, 0.6) is 0 Å². The summed E-state index contributed by atoms with van der Waals surface area (Å²) in [4.78, 5) is 15.9. The first-order chi connectivity index (χ1) is 10.6. The van der Waals surface area contributed by atoms with E-state index in [-0.39, 0.29) is 18.2 Å². The topological polar surface area (TPSA) is 56.5 Å². The summed E-state index contributed by atoms with van der Waals surface area (Å²) in [5.41, 5.74) is 3.58. The van der Waals surface area contributed by atoms with Crippen molar-refractivity contribution >= 4 is 11.6 Å². The van der Waals surface area contributed by atoms with Gasteiger partial charge < -0.3 is 4.74 Å². The van der Waals surface area contributed by atoms with E-state index in [1.54, 1.807) is 28.8 Å². The van der Waals surface area contributed by atoms with Crippen LogP contribution in [-0.4, -0.2) is 27.7 Å². The van der Waals surface area contributed by atoms with E-state index < -0.39 is 0 Å².